The molecule has 1 aliphatic rings. The Morgan fingerprint density at radius 1 is 0.396 bits per heavy atom. The Bertz CT molecular complexity index is 4390. The van der Waals surface area contributed by atoms with E-state index in [2.05, 4.69) is 101 Å². The van der Waals surface area contributed by atoms with Crippen molar-refractivity contribution in [3.05, 3.63) is 29.8 Å². The number of carbonyl (C=O) groups is 20. The van der Waals surface area contributed by atoms with Gasteiger partial charge in [0.25, 0.3) is 0 Å². The predicted molar refractivity (Wildman–Crippen MR) is 502 cm³/mol. The Balaban J connectivity index is 2.41. The monoisotopic (exact) mass is 1970 g/mol. The first-order chi connectivity index (χ1) is 65.0. The molecule has 0 saturated carbocycles. The standard InChI is InChI=1S/C86H146N28O25/c1-41(2)33-56(107-73(128)55(26-28-66(121)122)106-77(132)58(35-43(5)6)110-81(136)67(48(12)116)113-65(120)39-98-64(119)38-99-70(125)51(102-68(123)45(9)87)17-13-29-95-84(89)90)75(130)101-47(11)82(137)114-32-16-20-62(114)80(135)100-46(10)69(124)112-61(40-115)79(134)104-53(19-15-31-97-86(93)94)72(127)109-59(37-49-21-23-50(117)24-22-49)78(133)103-52(18-14-30-96-85(91)92)71(126)108-57(34-42(3)4)76(131)105-54(25-27-63(88)118)74(129)111-60(83(138)139)36-44(7)8/h21-24,41-48,51-62,67,115-117H,13-20,25-40,87H2,1-12H3,(H2,88,118)(H,98,119)(H,99,125)(H,100,135)(H,101,130)(H,102,123)(H,103,133)(H,104,134)(H,105,131)(H,106,132)(H,107,128)(H,108,126)(H,109,127)(H,110,136)(H,111,129)(H,112,124)(H,113,120)(H,121,122)(H,138,139)(H4,89,90,95)(H4,91,92,96)(H4,93,94,97)/t45-,46-,47-,48+,51-,52-,53-,54-,55-,56-,57-,58-,59-,60-,61-,62-,67-/m0/s1. The van der Waals surface area contributed by atoms with Gasteiger partial charge in [0.05, 0.1) is 31.8 Å². The molecule has 1 heterocycles. The van der Waals surface area contributed by atoms with Crippen molar-refractivity contribution >= 4 is 136 Å². The largest absolute Gasteiger partial charge is 0.508 e. The van der Waals surface area contributed by atoms with E-state index in [0.29, 0.717) is 5.56 Å². The Kier molecular flexibility index (Phi) is 54.1. The zero-order valence-electron chi connectivity index (χ0n) is 80.6. The van der Waals surface area contributed by atoms with E-state index >= 15 is 0 Å². The molecule has 0 radical (unpaired) electrons. The molecule has 18 amide bonds. The summed E-state index contributed by atoms with van der Waals surface area (Å²) >= 11 is 0. The molecule has 0 spiro atoms. The fraction of sp³-hybridized carbons (Fsp3) is 0.663. The zero-order chi connectivity index (χ0) is 105. The van der Waals surface area contributed by atoms with Crippen LogP contribution in [0.5, 0.6) is 5.75 Å². The highest BCUT2D eigenvalue weighted by atomic mass is 16.4. The number of hydrogen-bond donors (Lipinski definition) is 32. The van der Waals surface area contributed by atoms with E-state index in [1.807, 2.05) is 0 Å². The molecule has 0 bridgehead atoms. The summed E-state index contributed by atoms with van der Waals surface area (Å²) in [5, 5.41) is 121. The summed E-state index contributed by atoms with van der Waals surface area (Å²) in [4.78, 5) is 274. The summed E-state index contributed by atoms with van der Waals surface area (Å²) in [6.45, 7) is 15.8. The molecule has 53 nitrogen and oxygen atoms in total. The number of aliphatic hydroxyl groups is 2. The number of carboxylic acids is 2. The maximum atomic E-state index is 14.9. The average molecular weight is 1970 g/mol. The van der Waals surface area contributed by atoms with E-state index in [1.165, 1.54) is 45.0 Å². The fourth-order valence-corrected chi connectivity index (χ4v) is 14.1. The lowest BCUT2D eigenvalue weighted by atomic mass is 10.00. The van der Waals surface area contributed by atoms with Crippen molar-refractivity contribution in [1.29, 1.82) is 16.2 Å². The second kappa shape index (κ2) is 62.1. The van der Waals surface area contributed by atoms with E-state index < -0.39 is 272 Å². The van der Waals surface area contributed by atoms with Crippen LogP contribution in [0.3, 0.4) is 0 Å². The van der Waals surface area contributed by atoms with E-state index in [4.69, 9.17) is 44.9 Å². The molecule has 37 N–H and O–H groups in total. The third kappa shape index (κ3) is 47.6. The first kappa shape index (κ1) is 121. The number of phenols is 1. The van der Waals surface area contributed by atoms with Gasteiger partial charge in [0.2, 0.25) is 106 Å². The number of amides is 18. The van der Waals surface area contributed by atoms with Crippen LogP contribution in [-0.4, -0.2) is 315 Å². The lowest BCUT2D eigenvalue weighted by molar-refractivity contribution is -0.143. The van der Waals surface area contributed by atoms with Crippen molar-refractivity contribution in [3.63, 3.8) is 0 Å². The lowest BCUT2D eigenvalue weighted by Crippen LogP contribution is -2.61. The minimum Gasteiger partial charge on any atom is -0.508 e. The summed E-state index contributed by atoms with van der Waals surface area (Å²) in [5.74, 6) is -23.1. The molecule has 1 aromatic carbocycles. The number of aromatic hydroxyl groups is 1. The molecule has 780 valence electrons. The molecule has 139 heavy (non-hydrogen) atoms. The molecule has 1 aromatic rings. The number of rotatable bonds is 64. The fourth-order valence-electron chi connectivity index (χ4n) is 14.1. The van der Waals surface area contributed by atoms with E-state index in [-0.39, 0.29) is 151 Å². The van der Waals surface area contributed by atoms with Crippen molar-refractivity contribution in [2.75, 3.05) is 45.9 Å². The van der Waals surface area contributed by atoms with E-state index in [0.717, 1.165) is 11.8 Å². The van der Waals surface area contributed by atoms with Gasteiger partial charge in [-0.05, 0) is 159 Å². The number of aliphatic hydroxyl groups excluding tert-OH is 2. The lowest BCUT2D eigenvalue weighted by Gasteiger charge is -2.30. The maximum Gasteiger partial charge on any atom is 0.326 e. The van der Waals surface area contributed by atoms with Crippen molar-refractivity contribution in [3.8, 4) is 5.75 Å². The van der Waals surface area contributed by atoms with Gasteiger partial charge < -0.3 is 160 Å². The Labute approximate surface area is 805 Å². The topological polar surface area (TPSA) is 876 Å². The normalized spacial score (nSPS) is 15.7. The van der Waals surface area contributed by atoms with Crippen LogP contribution < -0.4 is 130 Å². The molecule has 1 aliphatic heterocycles. The number of primary amides is 1. The summed E-state index contributed by atoms with van der Waals surface area (Å²) in [5.41, 5.74) is 27.7. The Morgan fingerprint density at radius 2 is 0.755 bits per heavy atom. The van der Waals surface area contributed by atoms with Gasteiger partial charge >= 0.3 is 11.9 Å². The van der Waals surface area contributed by atoms with Crippen LogP contribution in [0, 0.1) is 39.9 Å². The number of aliphatic carboxylic acids is 2. The molecule has 1 saturated heterocycles. The van der Waals surface area contributed by atoms with Crippen molar-refractivity contribution in [2.45, 2.75) is 295 Å². The first-order valence-corrected chi connectivity index (χ1v) is 45.9. The molecule has 0 aliphatic carbocycles. The number of likely N-dealkylation sites (tertiary alicyclic amines) is 1. The SMILES string of the molecule is CC(C)C[C@H](NC(=O)[C@H](CCC(N)=O)NC(=O)[C@H](CC(C)C)NC(=O)[C@H](CCCNC(=N)N)NC(=O)[C@H](Cc1ccc(O)cc1)NC(=O)[C@H](CCCNC(=N)N)NC(=O)[C@H](CO)NC(=O)[C@H](C)NC(=O)[C@@H]1CCCN1C(=O)[C@H](C)NC(=O)[C@H](CC(C)C)NC(=O)[C@H](CCC(=O)O)NC(=O)[C@H](CC(C)C)NC(=O)[C@@H](NC(=O)CNC(=O)CNC(=O)[C@H](CCCNC(=N)N)NC(=O)[C@H](C)N)[C@@H](C)O)C(=O)O. The molecular formula is C86H146N28O25. The van der Waals surface area contributed by atoms with Crippen LogP contribution in [-0.2, 0) is 102 Å². The maximum absolute atomic E-state index is 14.9. The third-order valence-corrected chi connectivity index (χ3v) is 21.3. The Morgan fingerprint density at radius 3 is 1.17 bits per heavy atom. The number of hydrogen-bond acceptors (Lipinski definition) is 27. The molecule has 1 fully saturated rings. The molecular weight excluding hydrogens is 1830 g/mol. The van der Waals surface area contributed by atoms with Crippen LogP contribution in [0.25, 0.3) is 0 Å². The van der Waals surface area contributed by atoms with Gasteiger partial charge in [0.1, 0.15) is 96.4 Å². The number of carboxylic acid groups (broad SMARTS) is 2. The molecule has 0 unspecified atom stereocenters. The highest BCUT2D eigenvalue weighted by molar-refractivity contribution is 6.02. The van der Waals surface area contributed by atoms with E-state index in [1.54, 1.807) is 55.4 Å². The number of nitrogens with zero attached hydrogens (tertiary/aromatic N) is 1. The zero-order valence-corrected chi connectivity index (χ0v) is 80.6. The highest BCUT2D eigenvalue weighted by Gasteiger charge is 2.42. The second-order valence-corrected chi connectivity index (χ2v) is 35.7. The Hall–Kier alpha value is -13.9. The number of nitrogens with two attached hydrogens (primary N) is 5. The summed E-state index contributed by atoms with van der Waals surface area (Å²) in [6.07, 6.45) is -4.60. The predicted octanol–water partition coefficient (Wildman–Crippen LogP) is -9.11. The van der Waals surface area contributed by atoms with Gasteiger partial charge in [0.15, 0.2) is 17.9 Å². The van der Waals surface area contributed by atoms with Crippen molar-refractivity contribution in [1.82, 2.24) is 106 Å². The number of carbonyl (C=O) groups excluding carboxylic acids is 18. The van der Waals surface area contributed by atoms with Crippen LogP contribution in [0.1, 0.15) is 191 Å². The van der Waals surface area contributed by atoms with Crippen LogP contribution in [0.4, 0.5) is 0 Å². The molecule has 2 rings (SSSR count). The van der Waals surface area contributed by atoms with Gasteiger partial charge in [-0.1, -0.05) is 67.5 Å². The number of benzene rings is 1. The molecule has 17 atom stereocenters. The smallest absolute Gasteiger partial charge is 0.326 e. The second-order valence-electron chi connectivity index (χ2n) is 35.7. The van der Waals surface area contributed by atoms with Gasteiger partial charge in [-0.25, -0.2) is 4.79 Å². The first-order valence-electron chi connectivity index (χ1n) is 45.9. The van der Waals surface area contributed by atoms with Gasteiger partial charge in [-0.2, -0.15) is 0 Å². The third-order valence-electron chi connectivity index (χ3n) is 21.3. The average Bonchev–Trinajstić information content (AvgIpc) is 1.74. The van der Waals surface area contributed by atoms with Gasteiger partial charge in [-0.15, -0.1) is 0 Å². The van der Waals surface area contributed by atoms with E-state index in [9.17, 15) is 121 Å². The summed E-state index contributed by atoms with van der Waals surface area (Å²) < 4.78 is 0. The number of guanidine groups is 3. The highest BCUT2D eigenvalue weighted by Crippen LogP contribution is 2.21. The van der Waals surface area contributed by atoms with Crippen LogP contribution in [0.15, 0.2) is 24.3 Å². The van der Waals surface area contributed by atoms with Crippen LogP contribution >= 0.6 is 0 Å². The quantitative estimate of drug-likeness (QED) is 0.0164. The number of nitrogens with one attached hydrogen (secondary N) is 22. The van der Waals surface area contributed by atoms with Gasteiger partial charge in [0, 0.05) is 45.4 Å². The summed E-state index contributed by atoms with van der Waals surface area (Å²) in [7, 11) is 0. The minimum absolute atomic E-state index is 0.00734. The number of phenolic OH excluding ortho intramolecular Hbond substituents is 1. The molecule has 0 aromatic heterocycles. The van der Waals surface area contributed by atoms with Crippen LogP contribution in [0.2, 0.25) is 0 Å². The van der Waals surface area contributed by atoms with Crippen molar-refractivity contribution in [2.24, 2.45) is 52.3 Å². The van der Waals surface area contributed by atoms with Gasteiger partial charge in [-0.3, -0.25) is 107 Å². The minimum atomic E-state index is -1.89. The van der Waals surface area contributed by atoms with Crippen molar-refractivity contribution < 1.29 is 121 Å². The summed E-state index contributed by atoms with van der Waals surface area (Å²) in [6, 6.07) is -18.9. The molecule has 53 heteroatoms.